The van der Waals surface area contributed by atoms with E-state index < -0.39 is 0 Å². The molecule has 0 bridgehead atoms. The zero-order valence-electron chi connectivity index (χ0n) is 18.5. The van der Waals surface area contributed by atoms with Crippen molar-refractivity contribution in [2.24, 2.45) is 12.0 Å². The molecular formula is C22H36N6. The van der Waals surface area contributed by atoms with E-state index in [1.807, 2.05) is 11.7 Å². The van der Waals surface area contributed by atoms with Crippen LogP contribution in [0, 0.1) is 13.8 Å². The Kier molecular flexibility index (Phi) is 8.05. The zero-order valence-corrected chi connectivity index (χ0v) is 18.5. The van der Waals surface area contributed by atoms with Crippen molar-refractivity contribution in [2.45, 2.75) is 53.2 Å². The van der Waals surface area contributed by atoms with Gasteiger partial charge in [0.1, 0.15) is 0 Å². The van der Waals surface area contributed by atoms with Gasteiger partial charge in [-0.15, -0.1) is 0 Å². The van der Waals surface area contributed by atoms with Crippen LogP contribution >= 0.6 is 0 Å². The highest BCUT2D eigenvalue weighted by atomic mass is 15.3. The molecule has 0 aliphatic heterocycles. The molecule has 1 atom stereocenters. The van der Waals surface area contributed by atoms with Gasteiger partial charge in [0.05, 0.1) is 12.2 Å². The fourth-order valence-electron chi connectivity index (χ4n) is 3.39. The molecule has 0 aliphatic rings. The molecule has 0 aliphatic carbocycles. The molecule has 2 N–H and O–H groups in total. The number of nitrogens with one attached hydrogen (secondary N) is 2. The standard InChI is InChI=1S/C22H36N6/c1-8-23-22(24-14-19-11-9-10-12-20(19)15-27(5)6)25-16(2)13-21-17(3)26-28(7)18(21)4/h9-12,16H,8,13-15H2,1-7H3,(H2,23,24,25). The Balaban J connectivity index is 2.08. The quantitative estimate of drug-likeness (QED) is 0.543. The minimum absolute atomic E-state index is 0.261. The van der Waals surface area contributed by atoms with Crippen LogP contribution in [0.4, 0.5) is 0 Å². The Morgan fingerprint density at radius 1 is 1.21 bits per heavy atom. The van der Waals surface area contributed by atoms with Gasteiger partial charge >= 0.3 is 0 Å². The van der Waals surface area contributed by atoms with E-state index in [0.29, 0.717) is 6.54 Å². The Morgan fingerprint density at radius 3 is 2.46 bits per heavy atom. The van der Waals surface area contributed by atoms with Crippen molar-refractivity contribution in [2.75, 3.05) is 20.6 Å². The van der Waals surface area contributed by atoms with Crippen LogP contribution in [0.5, 0.6) is 0 Å². The van der Waals surface area contributed by atoms with E-state index in [4.69, 9.17) is 4.99 Å². The molecule has 0 fully saturated rings. The third kappa shape index (κ3) is 6.09. The summed E-state index contributed by atoms with van der Waals surface area (Å²) in [6.45, 7) is 10.9. The fourth-order valence-corrected chi connectivity index (χ4v) is 3.39. The molecule has 154 valence electrons. The van der Waals surface area contributed by atoms with Crippen LogP contribution in [0.1, 0.15) is 41.9 Å². The van der Waals surface area contributed by atoms with Gasteiger partial charge in [0.25, 0.3) is 0 Å². The lowest BCUT2D eigenvalue weighted by atomic mass is 10.1. The van der Waals surface area contributed by atoms with Crippen LogP contribution in [-0.4, -0.2) is 47.3 Å². The third-order valence-electron chi connectivity index (χ3n) is 4.91. The van der Waals surface area contributed by atoms with Crippen LogP contribution in [0.3, 0.4) is 0 Å². The molecule has 28 heavy (non-hydrogen) atoms. The number of hydrogen-bond donors (Lipinski definition) is 2. The molecule has 0 radical (unpaired) electrons. The summed E-state index contributed by atoms with van der Waals surface area (Å²) in [5.74, 6) is 0.855. The summed E-state index contributed by atoms with van der Waals surface area (Å²) < 4.78 is 1.96. The maximum Gasteiger partial charge on any atom is 0.191 e. The summed E-state index contributed by atoms with van der Waals surface area (Å²) in [6.07, 6.45) is 0.924. The second-order valence-corrected chi connectivity index (χ2v) is 7.72. The number of benzene rings is 1. The second-order valence-electron chi connectivity index (χ2n) is 7.72. The van der Waals surface area contributed by atoms with Gasteiger partial charge in [-0.05, 0) is 64.9 Å². The van der Waals surface area contributed by atoms with Crippen molar-refractivity contribution in [1.82, 2.24) is 25.3 Å². The van der Waals surface area contributed by atoms with Gasteiger partial charge in [0.15, 0.2) is 5.96 Å². The van der Waals surface area contributed by atoms with E-state index >= 15 is 0 Å². The largest absolute Gasteiger partial charge is 0.357 e. The van der Waals surface area contributed by atoms with Gasteiger partial charge in [0.2, 0.25) is 0 Å². The molecule has 1 heterocycles. The van der Waals surface area contributed by atoms with E-state index in [0.717, 1.165) is 31.2 Å². The number of rotatable bonds is 8. The van der Waals surface area contributed by atoms with Gasteiger partial charge < -0.3 is 15.5 Å². The van der Waals surface area contributed by atoms with Crippen LogP contribution in [0.2, 0.25) is 0 Å². The van der Waals surface area contributed by atoms with E-state index in [1.165, 1.54) is 22.4 Å². The lowest BCUT2D eigenvalue weighted by Crippen LogP contribution is -2.43. The first-order valence-corrected chi connectivity index (χ1v) is 10.1. The SMILES string of the molecule is CCNC(=NCc1ccccc1CN(C)C)NC(C)Cc1c(C)nn(C)c1C. The van der Waals surface area contributed by atoms with Gasteiger partial charge in [-0.25, -0.2) is 4.99 Å². The number of aromatic nitrogens is 2. The highest BCUT2D eigenvalue weighted by Gasteiger charge is 2.14. The van der Waals surface area contributed by atoms with E-state index in [-0.39, 0.29) is 6.04 Å². The smallest absolute Gasteiger partial charge is 0.191 e. The van der Waals surface area contributed by atoms with Crippen LogP contribution in [-0.2, 0) is 26.6 Å². The van der Waals surface area contributed by atoms with Crippen molar-refractivity contribution in [3.05, 3.63) is 52.3 Å². The lowest BCUT2D eigenvalue weighted by molar-refractivity contribution is 0.401. The van der Waals surface area contributed by atoms with E-state index in [9.17, 15) is 0 Å². The molecule has 1 unspecified atom stereocenters. The predicted molar refractivity (Wildman–Crippen MR) is 118 cm³/mol. The van der Waals surface area contributed by atoms with Crippen LogP contribution < -0.4 is 10.6 Å². The van der Waals surface area contributed by atoms with Gasteiger partial charge in [-0.2, -0.15) is 5.10 Å². The van der Waals surface area contributed by atoms with E-state index in [2.05, 4.69) is 86.7 Å². The molecule has 1 aromatic heterocycles. The number of hydrogen-bond acceptors (Lipinski definition) is 3. The molecule has 0 saturated heterocycles. The summed E-state index contributed by atoms with van der Waals surface area (Å²) >= 11 is 0. The summed E-state index contributed by atoms with van der Waals surface area (Å²) in [4.78, 5) is 7.03. The first-order valence-electron chi connectivity index (χ1n) is 10.1. The first kappa shape index (κ1) is 22.0. The highest BCUT2D eigenvalue weighted by molar-refractivity contribution is 5.80. The van der Waals surface area contributed by atoms with Crippen molar-refractivity contribution in [1.29, 1.82) is 0 Å². The Bertz CT molecular complexity index is 790. The predicted octanol–water partition coefficient (Wildman–Crippen LogP) is 2.78. The van der Waals surface area contributed by atoms with Crippen LogP contribution in [0.15, 0.2) is 29.3 Å². The lowest BCUT2D eigenvalue weighted by Gasteiger charge is -2.19. The summed E-state index contributed by atoms with van der Waals surface area (Å²) in [7, 11) is 6.19. The number of nitrogens with zero attached hydrogens (tertiary/aromatic N) is 4. The minimum Gasteiger partial charge on any atom is -0.357 e. The van der Waals surface area contributed by atoms with Crippen molar-refractivity contribution < 1.29 is 0 Å². The van der Waals surface area contributed by atoms with Crippen molar-refractivity contribution in [3.63, 3.8) is 0 Å². The summed E-state index contributed by atoms with van der Waals surface area (Å²) in [5.41, 5.74) is 6.23. The Hall–Kier alpha value is -2.34. The highest BCUT2D eigenvalue weighted by Crippen LogP contribution is 2.14. The number of aliphatic imine (C=N–C) groups is 1. The molecule has 1 aromatic carbocycles. The molecule has 0 saturated carbocycles. The third-order valence-corrected chi connectivity index (χ3v) is 4.91. The second kappa shape index (κ2) is 10.3. The Labute approximate surface area is 170 Å². The molecule has 6 heteroatoms. The zero-order chi connectivity index (χ0) is 20.7. The molecule has 0 spiro atoms. The summed E-state index contributed by atoms with van der Waals surface area (Å²) in [6, 6.07) is 8.78. The average molecular weight is 385 g/mol. The number of guanidine groups is 1. The normalized spacial score (nSPS) is 13.1. The minimum atomic E-state index is 0.261. The van der Waals surface area contributed by atoms with Crippen molar-refractivity contribution >= 4 is 5.96 Å². The van der Waals surface area contributed by atoms with Gasteiger partial charge in [0, 0.05) is 31.9 Å². The topological polar surface area (TPSA) is 57.5 Å². The molecule has 2 aromatic rings. The maximum absolute atomic E-state index is 4.84. The van der Waals surface area contributed by atoms with Gasteiger partial charge in [-0.1, -0.05) is 24.3 Å². The molecular weight excluding hydrogens is 348 g/mol. The van der Waals surface area contributed by atoms with Crippen LogP contribution in [0.25, 0.3) is 0 Å². The number of aryl methyl sites for hydroxylation is 2. The first-order chi connectivity index (χ1) is 13.3. The molecule has 6 nitrogen and oxygen atoms in total. The van der Waals surface area contributed by atoms with Crippen molar-refractivity contribution in [3.8, 4) is 0 Å². The average Bonchev–Trinajstić information content (AvgIpc) is 2.86. The Morgan fingerprint density at radius 2 is 1.89 bits per heavy atom. The monoisotopic (exact) mass is 384 g/mol. The maximum atomic E-state index is 4.84. The van der Waals surface area contributed by atoms with E-state index in [1.54, 1.807) is 0 Å². The fraction of sp³-hybridized carbons (Fsp3) is 0.545. The van der Waals surface area contributed by atoms with Gasteiger partial charge in [-0.3, -0.25) is 4.68 Å². The summed E-state index contributed by atoms with van der Waals surface area (Å²) in [5, 5.41) is 11.5. The molecule has 2 rings (SSSR count). The molecule has 0 amide bonds.